The number of nitrogens with two attached hydrogens (primary N) is 1. The van der Waals surface area contributed by atoms with E-state index in [4.69, 9.17) is 22.1 Å². The number of nitrogens with one attached hydrogen (secondary N) is 3. The van der Waals surface area contributed by atoms with Gasteiger partial charge in [0, 0.05) is 5.02 Å². The lowest BCUT2D eigenvalue weighted by Crippen LogP contribution is -2.45. The van der Waals surface area contributed by atoms with Gasteiger partial charge >= 0.3 is 6.03 Å². The number of benzene rings is 3. The maximum absolute atomic E-state index is 12.3. The predicted molar refractivity (Wildman–Crippen MR) is 125 cm³/mol. The molecule has 0 bridgehead atoms. The van der Waals surface area contributed by atoms with Crippen molar-refractivity contribution in [2.75, 3.05) is 6.61 Å². The number of ether oxygens (including phenoxy) is 1. The molecule has 0 unspecified atom stereocenters. The fraction of sp³-hybridized carbons (Fsp3) is 0.125. The molecule has 1 atom stereocenters. The largest absolute Gasteiger partial charge is 0.484 e. The van der Waals surface area contributed by atoms with E-state index in [1.54, 1.807) is 36.4 Å². The molecule has 4 amide bonds. The Balaban J connectivity index is 1.47. The first-order valence-corrected chi connectivity index (χ1v) is 10.5. The third-order valence-corrected chi connectivity index (χ3v) is 5.00. The zero-order valence-electron chi connectivity index (χ0n) is 17.6. The Morgan fingerprint density at radius 1 is 0.818 bits per heavy atom. The van der Waals surface area contributed by atoms with Gasteiger partial charge in [0.05, 0.1) is 12.5 Å². The van der Waals surface area contributed by atoms with E-state index in [0.717, 1.165) is 11.1 Å². The summed E-state index contributed by atoms with van der Waals surface area (Å²) in [6.45, 7) is -0.293. The molecule has 8 nitrogen and oxygen atoms in total. The van der Waals surface area contributed by atoms with E-state index in [0.29, 0.717) is 16.3 Å². The van der Waals surface area contributed by atoms with Crippen LogP contribution in [-0.2, 0) is 9.59 Å². The molecule has 0 saturated heterocycles. The van der Waals surface area contributed by atoms with Crippen molar-refractivity contribution in [2.24, 2.45) is 5.73 Å². The van der Waals surface area contributed by atoms with Gasteiger partial charge in [-0.2, -0.15) is 0 Å². The first kappa shape index (κ1) is 23.6. The maximum atomic E-state index is 12.3. The fourth-order valence-electron chi connectivity index (χ4n) is 3.10. The molecule has 3 rings (SSSR count). The molecule has 0 aromatic heterocycles. The molecule has 0 spiro atoms. The third kappa shape index (κ3) is 7.26. The van der Waals surface area contributed by atoms with Gasteiger partial charge in [-0.05, 0) is 34.9 Å². The summed E-state index contributed by atoms with van der Waals surface area (Å²) in [5.74, 6) is -0.581. The number of halogens is 1. The second-order valence-electron chi connectivity index (χ2n) is 7.06. The van der Waals surface area contributed by atoms with E-state index in [2.05, 4.69) is 16.2 Å². The summed E-state index contributed by atoms with van der Waals surface area (Å²) in [4.78, 5) is 35.6. The van der Waals surface area contributed by atoms with Crippen LogP contribution in [0.5, 0.6) is 5.75 Å². The van der Waals surface area contributed by atoms with Gasteiger partial charge in [0.15, 0.2) is 6.61 Å². The van der Waals surface area contributed by atoms with Crippen LogP contribution < -0.4 is 26.6 Å². The van der Waals surface area contributed by atoms with E-state index < -0.39 is 23.9 Å². The van der Waals surface area contributed by atoms with Crippen LogP contribution in [0.25, 0.3) is 11.1 Å². The van der Waals surface area contributed by atoms with Crippen molar-refractivity contribution >= 4 is 29.4 Å². The van der Waals surface area contributed by atoms with Crippen LogP contribution in [0.4, 0.5) is 4.79 Å². The molecular weight excluding hydrogens is 444 g/mol. The average Bonchev–Trinajstić information content (AvgIpc) is 2.82. The smallest absolute Gasteiger partial charge is 0.312 e. The number of hydrazine groups is 1. The highest BCUT2D eigenvalue weighted by Crippen LogP contribution is 2.25. The SMILES string of the molecule is NC(=O)N[C@@H](CC(=O)NNC(=O)COc1ccc(-c2ccccc2)cc1)c1ccccc1Cl. The normalized spacial score (nSPS) is 11.2. The molecular formula is C24H23ClN4O4. The number of carbonyl (C=O) groups is 3. The highest BCUT2D eigenvalue weighted by molar-refractivity contribution is 6.31. The maximum Gasteiger partial charge on any atom is 0.312 e. The van der Waals surface area contributed by atoms with Gasteiger partial charge in [0.1, 0.15) is 5.75 Å². The number of primary amides is 1. The first-order chi connectivity index (χ1) is 15.9. The van der Waals surface area contributed by atoms with E-state index in [-0.39, 0.29) is 13.0 Å². The molecule has 0 radical (unpaired) electrons. The summed E-state index contributed by atoms with van der Waals surface area (Å²) in [5, 5.41) is 2.85. The van der Waals surface area contributed by atoms with Crippen LogP contribution in [0.2, 0.25) is 5.02 Å². The van der Waals surface area contributed by atoms with Crippen molar-refractivity contribution in [1.29, 1.82) is 0 Å². The van der Waals surface area contributed by atoms with E-state index in [1.807, 2.05) is 42.5 Å². The molecule has 0 aliphatic carbocycles. The quantitative estimate of drug-likeness (QED) is 0.380. The average molecular weight is 467 g/mol. The lowest BCUT2D eigenvalue weighted by Gasteiger charge is -2.19. The molecule has 0 aliphatic heterocycles. The van der Waals surface area contributed by atoms with Crippen LogP contribution in [0, 0.1) is 0 Å². The number of amides is 4. The van der Waals surface area contributed by atoms with E-state index >= 15 is 0 Å². The van der Waals surface area contributed by atoms with E-state index in [9.17, 15) is 14.4 Å². The van der Waals surface area contributed by atoms with E-state index in [1.165, 1.54) is 0 Å². The minimum absolute atomic E-state index is 0.186. The molecule has 5 N–H and O–H groups in total. The lowest BCUT2D eigenvalue weighted by atomic mass is 10.0. The third-order valence-electron chi connectivity index (χ3n) is 4.66. The first-order valence-electron chi connectivity index (χ1n) is 10.1. The molecule has 0 aliphatic rings. The number of rotatable bonds is 8. The zero-order chi connectivity index (χ0) is 23.6. The van der Waals surface area contributed by atoms with Crippen LogP contribution in [0.1, 0.15) is 18.0 Å². The van der Waals surface area contributed by atoms with Gasteiger partial charge in [-0.1, -0.05) is 72.3 Å². The minimum Gasteiger partial charge on any atom is -0.484 e. The van der Waals surface area contributed by atoms with Crippen LogP contribution in [0.3, 0.4) is 0 Å². The Morgan fingerprint density at radius 3 is 2.09 bits per heavy atom. The van der Waals surface area contributed by atoms with Gasteiger partial charge in [-0.15, -0.1) is 0 Å². The number of hydrogen-bond acceptors (Lipinski definition) is 4. The Labute approximate surface area is 196 Å². The molecule has 0 saturated carbocycles. The van der Waals surface area contributed by atoms with Gasteiger partial charge in [0.2, 0.25) is 5.91 Å². The lowest BCUT2D eigenvalue weighted by molar-refractivity contribution is -0.130. The molecule has 0 fully saturated rings. The zero-order valence-corrected chi connectivity index (χ0v) is 18.3. The van der Waals surface area contributed by atoms with Gasteiger partial charge in [0.25, 0.3) is 5.91 Å². The van der Waals surface area contributed by atoms with Crippen LogP contribution >= 0.6 is 11.6 Å². The van der Waals surface area contributed by atoms with Crippen molar-refractivity contribution < 1.29 is 19.1 Å². The summed E-state index contributed by atoms with van der Waals surface area (Å²) in [5.41, 5.74) is 12.4. The predicted octanol–water partition coefficient (Wildman–Crippen LogP) is 3.33. The van der Waals surface area contributed by atoms with Crippen molar-refractivity contribution in [2.45, 2.75) is 12.5 Å². The number of carbonyl (C=O) groups excluding carboxylic acids is 3. The van der Waals surface area contributed by atoms with Gasteiger partial charge in [-0.3, -0.25) is 20.4 Å². The van der Waals surface area contributed by atoms with Gasteiger partial charge < -0.3 is 15.8 Å². The second kappa shape index (κ2) is 11.5. The second-order valence-corrected chi connectivity index (χ2v) is 7.47. The number of hydrogen-bond donors (Lipinski definition) is 4. The Kier molecular flexibility index (Phi) is 8.26. The van der Waals surface area contributed by atoms with Crippen molar-refractivity contribution in [3.8, 4) is 16.9 Å². The summed E-state index contributed by atoms with van der Waals surface area (Å²) in [6.07, 6.45) is -0.186. The Hall–Kier alpha value is -4.04. The van der Waals surface area contributed by atoms with Crippen molar-refractivity contribution in [3.63, 3.8) is 0 Å². The van der Waals surface area contributed by atoms with Gasteiger partial charge in [-0.25, -0.2) is 4.79 Å². The molecule has 0 heterocycles. The molecule has 170 valence electrons. The Morgan fingerprint density at radius 2 is 1.42 bits per heavy atom. The summed E-state index contributed by atoms with van der Waals surface area (Å²) >= 11 is 6.15. The molecule has 9 heteroatoms. The van der Waals surface area contributed by atoms with Crippen LogP contribution in [-0.4, -0.2) is 24.5 Å². The number of urea groups is 1. The summed E-state index contributed by atoms with van der Waals surface area (Å²) in [7, 11) is 0. The minimum atomic E-state index is -0.802. The summed E-state index contributed by atoms with van der Waals surface area (Å²) in [6, 6.07) is 22.4. The standard InChI is InChI=1S/C24H23ClN4O4/c25-20-9-5-4-8-19(20)21(27-24(26)32)14-22(30)28-29-23(31)15-33-18-12-10-17(11-13-18)16-6-2-1-3-7-16/h1-13,21H,14-15H2,(H,28,30)(H,29,31)(H3,26,27,32)/t21-/m0/s1. The molecule has 3 aromatic carbocycles. The van der Waals surface area contributed by atoms with Crippen LogP contribution in [0.15, 0.2) is 78.9 Å². The highest BCUT2D eigenvalue weighted by Gasteiger charge is 2.20. The van der Waals surface area contributed by atoms with Crippen molar-refractivity contribution in [1.82, 2.24) is 16.2 Å². The Bertz CT molecular complexity index is 1110. The van der Waals surface area contributed by atoms with Crippen molar-refractivity contribution in [3.05, 3.63) is 89.4 Å². The highest BCUT2D eigenvalue weighted by atomic mass is 35.5. The molecule has 3 aromatic rings. The topological polar surface area (TPSA) is 123 Å². The fourth-order valence-corrected chi connectivity index (χ4v) is 3.37. The molecule has 33 heavy (non-hydrogen) atoms. The summed E-state index contributed by atoms with van der Waals surface area (Å²) < 4.78 is 5.46. The monoisotopic (exact) mass is 466 g/mol.